The van der Waals surface area contributed by atoms with Gasteiger partial charge < -0.3 is 173 Å². The van der Waals surface area contributed by atoms with E-state index in [4.69, 9.17) is 71.1 Å². The second-order valence-electron chi connectivity index (χ2n) is 34.1. The van der Waals surface area contributed by atoms with Gasteiger partial charge in [-0.05, 0) is 105 Å². The third kappa shape index (κ3) is 15.0. The Morgan fingerprint density at radius 2 is 1.00 bits per heavy atom. The van der Waals surface area contributed by atoms with Crippen molar-refractivity contribution in [3.63, 3.8) is 0 Å². The molecule has 0 spiro atoms. The minimum absolute atomic E-state index is 0.0768. The van der Waals surface area contributed by atoms with Crippen molar-refractivity contribution in [2.24, 2.45) is 50.2 Å². The number of aliphatic hydroxyl groups is 18. The van der Waals surface area contributed by atoms with Gasteiger partial charge in [0.1, 0.15) is 140 Å². The zero-order chi connectivity index (χ0) is 81.3. The number of aldehydes is 1. The van der Waals surface area contributed by atoms with Gasteiger partial charge in [0, 0.05) is 12.8 Å². The molecule has 11 fully saturated rings. The number of hydrogen-bond donors (Lipinski definition) is 19. The molecule has 5 aliphatic carbocycles. The third-order valence-corrected chi connectivity index (χ3v) is 26.9. The lowest BCUT2D eigenvalue weighted by Gasteiger charge is -2.70. The lowest BCUT2D eigenvalue weighted by atomic mass is 9.33. The Hall–Kier alpha value is -3.75. The minimum atomic E-state index is -2.29. The summed E-state index contributed by atoms with van der Waals surface area (Å²) in [7, 11) is 0. The largest absolute Gasteiger partial charge is 0.479 e. The molecule has 0 radical (unpaired) electrons. The first-order valence-electron chi connectivity index (χ1n) is 37.9. The van der Waals surface area contributed by atoms with E-state index in [0.717, 1.165) is 6.92 Å². The predicted molar refractivity (Wildman–Crippen MR) is 358 cm³/mol. The van der Waals surface area contributed by atoms with Gasteiger partial charge in [0.15, 0.2) is 61.8 Å². The molecular weight excluding hydrogens is 1490 g/mol. The quantitative estimate of drug-likeness (QED) is 0.0325. The Morgan fingerprint density at radius 3 is 1.54 bits per heavy atom. The van der Waals surface area contributed by atoms with Gasteiger partial charge in [-0.25, -0.2) is 4.79 Å². The van der Waals surface area contributed by atoms with Gasteiger partial charge in [0.05, 0.1) is 56.3 Å². The maximum Gasteiger partial charge on any atom is 0.335 e. The monoisotopic (exact) mass is 1600 g/mol. The third-order valence-electron chi connectivity index (χ3n) is 26.9. The molecule has 7 aliphatic heterocycles. The van der Waals surface area contributed by atoms with E-state index in [-0.39, 0.29) is 51.4 Å². The summed E-state index contributed by atoms with van der Waals surface area (Å²) < 4.78 is 90.9. The second kappa shape index (κ2) is 32.5. The van der Waals surface area contributed by atoms with E-state index in [2.05, 4.69) is 0 Å². The van der Waals surface area contributed by atoms with Crippen molar-refractivity contribution in [1.29, 1.82) is 0 Å². The van der Waals surface area contributed by atoms with Crippen molar-refractivity contribution in [2.75, 3.05) is 26.4 Å². The summed E-state index contributed by atoms with van der Waals surface area (Å²) in [6, 6.07) is 0. The van der Waals surface area contributed by atoms with Gasteiger partial charge in [-0.1, -0.05) is 47.1 Å². The molecule has 7 saturated heterocycles. The molecule has 12 aliphatic rings. The predicted octanol–water partition coefficient (Wildman–Crippen LogP) is -7.24. The fourth-order valence-electron chi connectivity index (χ4n) is 20.4. The van der Waals surface area contributed by atoms with Crippen molar-refractivity contribution in [2.45, 2.75) is 329 Å². The molecule has 43 atom stereocenters. The zero-order valence-electron chi connectivity index (χ0n) is 62.7. The highest BCUT2D eigenvalue weighted by Crippen LogP contribution is 2.75. The average molecular weight is 1600 g/mol. The molecule has 0 aromatic rings. The first kappa shape index (κ1) is 86.6. The smallest absolute Gasteiger partial charge is 0.335 e. The first-order valence-corrected chi connectivity index (χ1v) is 37.9. The van der Waals surface area contributed by atoms with E-state index in [1.54, 1.807) is 6.92 Å². The second-order valence-corrected chi connectivity index (χ2v) is 34.1. The average Bonchev–Trinajstić information content (AvgIpc) is 0.665. The van der Waals surface area contributed by atoms with Gasteiger partial charge in [0.25, 0.3) is 0 Å². The highest BCUT2D eigenvalue weighted by atomic mass is 16.8. The number of ketones is 1. The molecule has 12 rings (SSSR count). The molecule has 39 heteroatoms. The van der Waals surface area contributed by atoms with Gasteiger partial charge in [-0.2, -0.15) is 0 Å². The van der Waals surface area contributed by atoms with Crippen molar-refractivity contribution in [1.82, 2.24) is 0 Å². The van der Waals surface area contributed by atoms with Crippen molar-refractivity contribution in [3.8, 4) is 0 Å². The van der Waals surface area contributed by atoms with Gasteiger partial charge in [-0.3, -0.25) is 14.4 Å². The summed E-state index contributed by atoms with van der Waals surface area (Å²) in [6.07, 6.45) is -62.9. The fraction of sp³-hybridized carbons (Fsp3) is 0.903. The topological polar surface area (TPSA) is 608 Å². The summed E-state index contributed by atoms with van der Waals surface area (Å²) >= 11 is 0. The normalized spacial score (nSPS) is 53.4. The molecule has 0 aromatic heterocycles. The van der Waals surface area contributed by atoms with Crippen LogP contribution in [-0.2, 0) is 95.0 Å². The highest BCUT2D eigenvalue weighted by Gasteiger charge is 2.75. The van der Waals surface area contributed by atoms with Crippen LogP contribution in [0.25, 0.3) is 0 Å². The van der Waals surface area contributed by atoms with E-state index in [9.17, 15) is 111 Å². The zero-order valence-corrected chi connectivity index (χ0v) is 62.7. The van der Waals surface area contributed by atoms with Crippen LogP contribution in [0.5, 0.6) is 0 Å². The molecule has 19 N–H and O–H groups in total. The molecule has 0 amide bonds. The standard InChI is InChI=1S/C72H110O39/c1-24-50(105-59-44(88)37(81)30(78)21-97-59)43(87)48(92)61(99-24)110-56-54(108-62-46(90)41(85)39(83)32(19-73)102-62)51(101-26(3)76)25(2)100-64(56)111-66(96)72-15-14-67(4,5)17-28(72)27-16-29(77)57-68(6)12-11-36(69(7,23-75)34(68)10-13-70(57,8)71(27,9)18-35(72)80)104-65-55(109-63-47(91)42(86)40(84)33(20-74)103-63)52(49(93)53(107-65)58(94)95)106-60-45(89)38(82)31(79)22-98-60/h16,23-25,28,30-57,59-65,73-74,78-93H,10-15,17-22H2,1-9H3,(H,94,95)/t24-,25+,28-,30+,31+,32+,33+,34+,35+,36-,37-,38-,39+,40-,41-,42-,43-,44+,45+,46+,47+,48+,49-,50-,51-,52-,53-,54-,55+,56+,57+,59-,60-,61-,62-,63-,64-,65+,68-,69-,70+,71+,72+/m0/s1. The van der Waals surface area contributed by atoms with Gasteiger partial charge >= 0.3 is 17.9 Å². The number of carboxylic acid groups (broad SMARTS) is 1. The molecular formula is C72H110O39. The molecule has 0 bridgehead atoms. The van der Waals surface area contributed by atoms with E-state index >= 15 is 9.59 Å². The van der Waals surface area contributed by atoms with Crippen molar-refractivity contribution >= 4 is 30.0 Å². The SMILES string of the molecule is CC(=O)O[C@@H]1[C@H](O[C@@H]2O[C@H](CO)[C@@H](O)[C@H](O)[C@H]2O)[C@@H](O[C@@H]2O[C@@H](C)[C@H](O[C@@H]3OC[C@@H](O)[C@H](O)[C@H]3O)[C@@H](O)[C@H]2O)[C@H](OC(=O)[C@]23CCC(C)(C)C[C@H]2C2=CC(=O)[C@@H]4[C@@]5(C)CC[C@H](O[C@@H]6O[C@H](C(=O)O)[C@@H](O)[C@H](O[C@@H]7OC[C@@H](O)[C@H](O)[C@H]7O)[C@H]6O[C@@H]6O[C@H](CO)[C@H](O)[C@H](O)[C@H]6O)[C@@](C)(C=O)[C@@H]5CC[C@@]4(C)[C@]2(C)C[C@H]3O)O[C@@H]1C. The summed E-state index contributed by atoms with van der Waals surface area (Å²) in [4.78, 5) is 72.8. The van der Waals surface area contributed by atoms with Gasteiger partial charge in [0.2, 0.25) is 6.29 Å². The molecule has 39 nitrogen and oxygen atoms in total. The molecule has 0 unspecified atom stereocenters. The molecule has 7 heterocycles. The summed E-state index contributed by atoms with van der Waals surface area (Å²) in [5, 5.41) is 209. The van der Waals surface area contributed by atoms with Crippen LogP contribution in [0.2, 0.25) is 0 Å². The van der Waals surface area contributed by atoms with Gasteiger partial charge in [-0.15, -0.1) is 0 Å². The summed E-state index contributed by atoms with van der Waals surface area (Å²) in [5.41, 5.74) is -7.12. The number of carboxylic acids is 1. The van der Waals surface area contributed by atoms with Crippen LogP contribution in [0, 0.1) is 50.2 Å². The van der Waals surface area contributed by atoms with E-state index in [1.165, 1.54) is 19.9 Å². The van der Waals surface area contributed by atoms with Crippen molar-refractivity contribution < 1.29 is 192 Å². The lowest BCUT2D eigenvalue weighted by molar-refractivity contribution is -0.391. The van der Waals surface area contributed by atoms with E-state index in [1.807, 2.05) is 34.6 Å². The Morgan fingerprint density at radius 1 is 0.505 bits per heavy atom. The molecule has 4 saturated carbocycles. The molecule has 0 aromatic carbocycles. The Balaban J connectivity index is 0.862. The van der Waals surface area contributed by atoms with E-state index in [0.29, 0.717) is 11.9 Å². The Labute approximate surface area is 636 Å². The Bertz CT molecular complexity index is 3350. The number of fused-ring (bicyclic) bond motifs is 7. The highest BCUT2D eigenvalue weighted by molar-refractivity contribution is 5.96. The molecule has 632 valence electrons. The maximum absolute atomic E-state index is 16.3. The van der Waals surface area contributed by atoms with Crippen LogP contribution >= 0.6 is 0 Å². The first-order chi connectivity index (χ1) is 52.0. The number of hydrogen-bond acceptors (Lipinski definition) is 38. The van der Waals surface area contributed by atoms with Crippen LogP contribution in [-0.4, -0.2) is 368 Å². The number of rotatable bonds is 19. The number of allylic oxidation sites excluding steroid dienone is 2. The van der Waals surface area contributed by atoms with Crippen LogP contribution in [0.1, 0.15) is 114 Å². The number of aliphatic hydroxyl groups excluding tert-OH is 18. The molecule has 111 heavy (non-hydrogen) atoms. The van der Waals surface area contributed by atoms with E-state index < -0.39 is 315 Å². The number of ether oxygens (including phenoxy) is 15. The minimum Gasteiger partial charge on any atom is -0.479 e. The Kier molecular flexibility index (Phi) is 25.4. The van der Waals surface area contributed by atoms with Crippen LogP contribution in [0.3, 0.4) is 0 Å². The number of esters is 2. The maximum atomic E-state index is 16.3. The number of carbonyl (C=O) groups excluding carboxylic acids is 4. The lowest BCUT2D eigenvalue weighted by Crippen LogP contribution is -2.70. The van der Waals surface area contributed by atoms with Crippen LogP contribution in [0.15, 0.2) is 11.6 Å². The van der Waals surface area contributed by atoms with Crippen LogP contribution in [0.4, 0.5) is 0 Å². The van der Waals surface area contributed by atoms with Crippen molar-refractivity contribution in [3.05, 3.63) is 11.6 Å². The summed E-state index contributed by atoms with van der Waals surface area (Å²) in [6.45, 7) is 12.0. The fourth-order valence-corrected chi connectivity index (χ4v) is 20.4. The van der Waals surface area contributed by atoms with Crippen LogP contribution < -0.4 is 0 Å². The number of aliphatic carboxylic acids is 1. The number of carbonyl (C=O) groups is 5. The summed E-state index contributed by atoms with van der Waals surface area (Å²) in [5.74, 6) is -6.99.